The Balaban J connectivity index is 2.07. The van der Waals surface area contributed by atoms with Crippen LogP contribution in [0.5, 0.6) is 0 Å². The normalized spacial score (nSPS) is 18.7. The van der Waals surface area contributed by atoms with Crippen LogP contribution in [-0.2, 0) is 19.5 Å². The van der Waals surface area contributed by atoms with E-state index in [0.717, 1.165) is 17.4 Å². The van der Waals surface area contributed by atoms with Crippen molar-refractivity contribution < 1.29 is 28.4 Å². The maximum absolute atomic E-state index is 12.1. The highest BCUT2D eigenvalue weighted by Crippen LogP contribution is 2.29. The Morgan fingerprint density at radius 3 is 2.59 bits per heavy atom. The van der Waals surface area contributed by atoms with E-state index < -0.39 is 32.7 Å². The van der Waals surface area contributed by atoms with Crippen molar-refractivity contribution in [2.45, 2.75) is 43.6 Å². The van der Waals surface area contributed by atoms with E-state index in [1.165, 1.54) is 12.4 Å². The molecule has 8 nitrogen and oxygen atoms in total. The molecule has 1 aliphatic heterocycles. The Hall–Kier alpha value is -2.85. The molecule has 1 amide bonds. The predicted molar refractivity (Wildman–Crippen MR) is 107 cm³/mol. The molecule has 0 aromatic heterocycles. The fourth-order valence-corrected chi connectivity index (χ4v) is 3.53. The third kappa shape index (κ3) is 5.58. The maximum Gasteiger partial charge on any atom is 0.264 e. The average Bonchev–Trinajstić information content (AvgIpc) is 3.12. The number of benzene rings is 1. The largest absolute Gasteiger partial charge is 0.392 e. The number of sulfone groups is 1. The van der Waals surface area contributed by atoms with Crippen molar-refractivity contribution in [3.05, 3.63) is 35.4 Å². The number of nitrogens with zero attached hydrogens (tertiary/aromatic N) is 1. The van der Waals surface area contributed by atoms with E-state index in [-0.39, 0.29) is 6.42 Å². The van der Waals surface area contributed by atoms with Crippen LogP contribution in [0.25, 0.3) is 0 Å². The molecule has 0 aliphatic carbocycles. The lowest BCUT2D eigenvalue weighted by molar-refractivity contribution is -0.132. The SMILES string of the molecule is CC(O)C#CC#Cc1ccc(C2=NOC(CC(C)(C(=O)NO)S(C)(=O)=O)C2)cc1. The lowest BCUT2D eigenvalue weighted by Gasteiger charge is -2.26. The van der Waals surface area contributed by atoms with E-state index in [1.54, 1.807) is 31.2 Å². The molecule has 1 aliphatic rings. The minimum absolute atomic E-state index is 0.156. The van der Waals surface area contributed by atoms with Gasteiger partial charge >= 0.3 is 0 Å². The molecule has 0 spiro atoms. The molecule has 3 atom stereocenters. The van der Waals surface area contributed by atoms with E-state index in [0.29, 0.717) is 12.1 Å². The summed E-state index contributed by atoms with van der Waals surface area (Å²) in [5.41, 5.74) is 3.54. The summed E-state index contributed by atoms with van der Waals surface area (Å²) >= 11 is 0. The van der Waals surface area contributed by atoms with Gasteiger partial charge in [-0.25, -0.2) is 13.9 Å². The number of aliphatic hydroxyl groups is 1. The Morgan fingerprint density at radius 2 is 2.03 bits per heavy atom. The van der Waals surface area contributed by atoms with Crippen LogP contribution in [0.1, 0.15) is 37.8 Å². The predicted octanol–water partition coefficient (Wildman–Crippen LogP) is 0.614. The first-order valence-corrected chi connectivity index (χ1v) is 10.6. The summed E-state index contributed by atoms with van der Waals surface area (Å²) in [6, 6.07) is 7.16. The van der Waals surface area contributed by atoms with Crippen molar-refractivity contribution in [3.8, 4) is 23.7 Å². The second-order valence-corrected chi connectivity index (χ2v) is 9.34. The van der Waals surface area contributed by atoms with Gasteiger partial charge in [-0.3, -0.25) is 10.0 Å². The molecule has 3 unspecified atom stereocenters. The number of rotatable bonds is 5. The zero-order chi connectivity index (χ0) is 21.7. The number of oxime groups is 1. The molecule has 2 rings (SSSR count). The average molecular weight is 418 g/mol. The van der Waals surface area contributed by atoms with Crippen LogP contribution in [0.3, 0.4) is 0 Å². The lowest BCUT2D eigenvalue weighted by atomic mass is 9.96. The van der Waals surface area contributed by atoms with Gasteiger partial charge in [0.15, 0.2) is 14.6 Å². The van der Waals surface area contributed by atoms with Gasteiger partial charge in [0.05, 0.1) is 5.71 Å². The number of nitrogens with one attached hydrogen (secondary N) is 1. The van der Waals surface area contributed by atoms with Crippen molar-refractivity contribution in [2.24, 2.45) is 5.16 Å². The molecule has 3 N–H and O–H groups in total. The van der Waals surface area contributed by atoms with E-state index in [4.69, 9.17) is 15.2 Å². The number of aliphatic hydroxyl groups excluding tert-OH is 1. The van der Waals surface area contributed by atoms with Gasteiger partial charge in [-0.15, -0.1) is 0 Å². The van der Waals surface area contributed by atoms with E-state index >= 15 is 0 Å². The minimum atomic E-state index is -3.81. The van der Waals surface area contributed by atoms with Crippen LogP contribution < -0.4 is 5.48 Å². The third-order valence-corrected chi connectivity index (χ3v) is 6.51. The molecule has 1 aromatic carbocycles. The van der Waals surface area contributed by atoms with Crippen LogP contribution in [0.15, 0.2) is 29.4 Å². The van der Waals surface area contributed by atoms with Crippen molar-refractivity contribution >= 4 is 21.5 Å². The Bertz CT molecular complexity index is 1020. The monoisotopic (exact) mass is 418 g/mol. The smallest absolute Gasteiger partial charge is 0.264 e. The van der Waals surface area contributed by atoms with Crippen LogP contribution >= 0.6 is 0 Å². The van der Waals surface area contributed by atoms with Gasteiger partial charge in [-0.1, -0.05) is 29.1 Å². The van der Waals surface area contributed by atoms with Crippen LogP contribution in [0, 0.1) is 23.7 Å². The summed E-state index contributed by atoms with van der Waals surface area (Å²) in [5, 5.41) is 22.0. The van der Waals surface area contributed by atoms with Gasteiger partial charge in [0.2, 0.25) is 0 Å². The number of amides is 1. The Kier molecular flexibility index (Phi) is 7.04. The zero-order valence-corrected chi connectivity index (χ0v) is 17.1. The molecule has 1 aromatic rings. The topological polar surface area (TPSA) is 125 Å². The number of hydrogen-bond donors (Lipinski definition) is 3. The van der Waals surface area contributed by atoms with Gasteiger partial charge in [0.1, 0.15) is 12.2 Å². The van der Waals surface area contributed by atoms with Gasteiger partial charge in [-0.05, 0) is 43.4 Å². The molecule has 1 heterocycles. The molecule has 29 heavy (non-hydrogen) atoms. The minimum Gasteiger partial charge on any atom is -0.392 e. The third-order valence-electron chi connectivity index (χ3n) is 4.52. The summed E-state index contributed by atoms with van der Waals surface area (Å²) in [6.07, 6.45) is -0.263. The van der Waals surface area contributed by atoms with E-state index in [1.807, 2.05) is 0 Å². The van der Waals surface area contributed by atoms with Crippen LogP contribution in [0.4, 0.5) is 0 Å². The lowest BCUT2D eigenvalue weighted by Crippen LogP contribution is -2.51. The first-order valence-electron chi connectivity index (χ1n) is 8.73. The zero-order valence-electron chi connectivity index (χ0n) is 16.3. The molecule has 0 radical (unpaired) electrons. The fourth-order valence-electron chi connectivity index (χ4n) is 2.66. The van der Waals surface area contributed by atoms with Crippen LogP contribution in [-0.4, -0.2) is 53.6 Å². The Labute approximate surface area is 169 Å². The van der Waals surface area contributed by atoms with Crippen molar-refractivity contribution in [3.63, 3.8) is 0 Å². The molecule has 0 bridgehead atoms. The van der Waals surface area contributed by atoms with Gasteiger partial charge < -0.3 is 9.94 Å². The highest BCUT2D eigenvalue weighted by Gasteiger charge is 2.47. The summed E-state index contributed by atoms with van der Waals surface area (Å²) in [4.78, 5) is 17.3. The van der Waals surface area contributed by atoms with E-state index in [2.05, 4.69) is 28.8 Å². The first kappa shape index (κ1) is 22.4. The molecular weight excluding hydrogens is 396 g/mol. The second-order valence-electron chi connectivity index (χ2n) is 6.89. The van der Waals surface area contributed by atoms with Crippen LogP contribution in [0.2, 0.25) is 0 Å². The highest BCUT2D eigenvalue weighted by atomic mass is 32.2. The summed E-state index contributed by atoms with van der Waals surface area (Å²) < 4.78 is 22.3. The Morgan fingerprint density at radius 1 is 1.38 bits per heavy atom. The molecule has 0 fully saturated rings. The molecule has 0 saturated heterocycles. The maximum atomic E-state index is 12.1. The number of hydroxylamine groups is 1. The number of hydrogen-bond acceptors (Lipinski definition) is 7. The van der Waals surface area contributed by atoms with E-state index in [9.17, 15) is 13.2 Å². The van der Waals surface area contributed by atoms with Crippen molar-refractivity contribution in [1.29, 1.82) is 0 Å². The summed E-state index contributed by atoms with van der Waals surface area (Å²) in [5.74, 6) is 9.56. The molecule has 154 valence electrons. The highest BCUT2D eigenvalue weighted by molar-refractivity contribution is 7.92. The number of carbonyl (C=O) groups excluding carboxylic acids is 1. The van der Waals surface area contributed by atoms with Gasteiger partial charge in [0, 0.05) is 24.7 Å². The standard InChI is InChI=1S/C20H22N2O6S/c1-14(23)6-4-5-7-15-8-10-16(11-9-15)18-12-17(28-22-18)13-20(2,19(24)21-25)29(3,26)27/h8-11,14,17,23,25H,12-13H2,1-3H3,(H,21,24). The summed E-state index contributed by atoms with van der Waals surface area (Å²) in [6.45, 7) is 2.79. The quantitative estimate of drug-likeness (QED) is 0.366. The molecule has 9 heteroatoms. The first-order chi connectivity index (χ1) is 13.6. The number of carbonyl (C=O) groups is 1. The van der Waals surface area contributed by atoms with Crippen molar-refractivity contribution in [1.82, 2.24) is 5.48 Å². The van der Waals surface area contributed by atoms with Gasteiger partial charge in [-0.2, -0.15) is 0 Å². The fraction of sp³-hybridized carbons (Fsp3) is 0.400. The van der Waals surface area contributed by atoms with Gasteiger partial charge in [0.25, 0.3) is 5.91 Å². The second kappa shape index (κ2) is 9.10. The molecule has 0 saturated carbocycles. The molecular formula is C20H22N2O6S. The summed E-state index contributed by atoms with van der Waals surface area (Å²) in [7, 11) is -3.81. The van der Waals surface area contributed by atoms with Crippen molar-refractivity contribution in [2.75, 3.05) is 6.26 Å².